The Balaban J connectivity index is 2.03. The van der Waals surface area contributed by atoms with Crippen molar-refractivity contribution in [2.24, 2.45) is 5.92 Å². The Bertz CT molecular complexity index is 987. The highest BCUT2D eigenvalue weighted by molar-refractivity contribution is 5.68. The van der Waals surface area contributed by atoms with Crippen LogP contribution < -0.4 is 4.90 Å². The molecule has 1 fully saturated rings. The van der Waals surface area contributed by atoms with Crippen LogP contribution in [0.5, 0.6) is 0 Å². The van der Waals surface area contributed by atoms with E-state index < -0.39 is 11.4 Å². The van der Waals surface area contributed by atoms with Crippen LogP contribution in [-0.4, -0.2) is 33.8 Å². The van der Waals surface area contributed by atoms with Crippen LogP contribution >= 0.6 is 0 Å². The monoisotopic (exact) mass is 392 g/mol. The molecule has 6 heteroatoms. The van der Waals surface area contributed by atoms with Crippen LogP contribution in [0.25, 0.3) is 11.3 Å². The molecule has 0 radical (unpaired) electrons. The van der Waals surface area contributed by atoms with Crippen molar-refractivity contribution in [2.75, 3.05) is 18.0 Å². The summed E-state index contributed by atoms with van der Waals surface area (Å²) in [5.41, 5.74) is 0.0990. The molecule has 5 nitrogen and oxygen atoms in total. The Morgan fingerprint density at radius 2 is 2.03 bits per heavy atom. The molecule has 0 saturated carbocycles. The van der Waals surface area contributed by atoms with E-state index in [-0.39, 0.29) is 5.56 Å². The van der Waals surface area contributed by atoms with Gasteiger partial charge in [-0.3, -0.25) is 0 Å². The number of aromatic nitrogens is 2. The highest BCUT2D eigenvalue weighted by Gasteiger charge is 2.21. The SMILES string of the molecule is CCC1CCN(c2cnc(C#CC(C)(C)O)c(-c3ccc(C#N)c(F)c3)n2)CC1. The van der Waals surface area contributed by atoms with E-state index in [1.165, 1.54) is 18.6 Å². The average molecular weight is 392 g/mol. The number of nitriles is 1. The molecule has 0 amide bonds. The smallest absolute Gasteiger partial charge is 0.147 e. The van der Waals surface area contributed by atoms with Crippen LogP contribution in [0.15, 0.2) is 24.4 Å². The minimum absolute atomic E-state index is 0.0244. The summed E-state index contributed by atoms with van der Waals surface area (Å²) in [4.78, 5) is 11.4. The number of aliphatic hydroxyl groups is 1. The van der Waals surface area contributed by atoms with Gasteiger partial charge in [0.2, 0.25) is 0 Å². The standard InChI is InChI=1S/C23H25FN4O/c1-4-16-8-11-28(12-9-16)21-15-26-20(7-10-23(2,3)29)22(27-21)17-5-6-18(14-25)19(24)13-17/h5-6,13,15-16,29H,4,8-9,11-12H2,1-3H3. The molecule has 1 aromatic carbocycles. The topological polar surface area (TPSA) is 73.0 Å². The van der Waals surface area contributed by atoms with E-state index in [9.17, 15) is 9.50 Å². The third-order valence-corrected chi connectivity index (χ3v) is 5.13. The van der Waals surface area contributed by atoms with Gasteiger partial charge in [0.05, 0.1) is 11.8 Å². The zero-order valence-electron chi connectivity index (χ0n) is 17.0. The lowest BCUT2D eigenvalue weighted by atomic mass is 9.94. The summed E-state index contributed by atoms with van der Waals surface area (Å²) in [5.74, 6) is 6.47. The lowest BCUT2D eigenvalue weighted by Gasteiger charge is -2.32. The van der Waals surface area contributed by atoms with Crippen molar-refractivity contribution < 1.29 is 9.50 Å². The predicted molar refractivity (Wildman–Crippen MR) is 111 cm³/mol. The van der Waals surface area contributed by atoms with E-state index in [0.29, 0.717) is 17.0 Å². The minimum Gasteiger partial charge on any atom is -0.378 e. The Hall–Kier alpha value is -2.96. The molecule has 0 bridgehead atoms. The number of hydrogen-bond donors (Lipinski definition) is 1. The average Bonchev–Trinajstić information content (AvgIpc) is 2.71. The molecule has 2 heterocycles. The second-order valence-corrected chi connectivity index (χ2v) is 7.88. The molecule has 2 aromatic rings. The third kappa shape index (κ3) is 5.10. The largest absolute Gasteiger partial charge is 0.378 e. The van der Waals surface area contributed by atoms with Crippen molar-refractivity contribution in [3.63, 3.8) is 0 Å². The van der Waals surface area contributed by atoms with Crippen LogP contribution in [-0.2, 0) is 0 Å². The quantitative estimate of drug-likeness (QED) is 0.802. The van der Waals surface area contributed by atoms with E-state index in [4.69, 9.17) is 10.2 Å². The number of hydrogen-bond acceptors (Lipinski definition) is 5. The van der Waals surface area contributed by atoms with E-state index in [2.05, 4.69) is 28.6 Å². The van der Waals surface area contributed by atoms with E-state index in [1.807, 2.05) is 6.07 Å². The summed E-state index contributed by atoms with van der Waals surface area (Å²) in [5, 5.41) is 18.9. The first-order valence-electron chi connectivity index (χ1n) is 9.88. The van der Waals surface area contributed by atoms with Crippen molar-refractivity contribution in [1.29, 1.82) is 5.26 Å². The lowest BCUT2D eigenvalue weighted by molar-refractivity contribution is 0.143. The number of benzene rings is 1. The summed E-state index contributed by atoms with van der Waals surface area (Å²) in [6.45, 7) is 7.20. The summed E-state index contributed by atoms with van der Waals surface area (Å²) in [6.07, 6.45) is 5.09. The Morgan fingerprint density at radius 3 is 2.62 bits per heavy atom. The number of halogens is 1. The van der Waals surface area contributed by atoms with Gasteiger partial charge in [-0.15, -0.1) is 0 Å². The van der Waals surface area contributed by atoms with E-state index in [1.54, 1.807) is 26.1 Å². The van der Waals surface area contributed by atoms with Gasteiger partial charge in [0.25, 0.3) is 0 Å². The summed E-state index contributed by atoms with van der Waals surface area (Å²) in [6, 6.07) is 6.19. The second-order valence-electron chi connectivity index (χ2n) is 7.88. The van der Waals surface area contributed by atoms with Gasteiger partial charge in [-0.2, -0.15) is 5.26 Å². The van der Waals surface area contributed by atoms with Crippen molar-refractivity contribution in [2.45, 2.75) is 45.6 Å². The molecular weight excluding hydrogens is 367 g/mol. The van der Waals surface area contributed by atoms with Gasteiger partial charge in [0.15, 0.2) is 0 Å². The fourth-order valence-electron chi connectivity index (χ4n) is 3.36. The first-order chi connectivity index (χ1) is 13.8. The lowest BCUT2D eigenvalue weighted by Crippen LogP contribution is -2.34. The highest BCUT2D eigenvalue weighted by atomic mass is 19.1. The van der Waals surface area contributed by atoms with Crippen LogP contribution in [0.2, 0.25) is 0 Å². The van der Waals surface area contributed by atoms with Crippen molar-refractivity contribution >= 4 is 5.82 Å². The Kier molecular flexibility index (Phi) is 6.15. The van der Waals surface area contributed by atoms with Crippen LogP contribution in [0.3, 0.4) is 0 Å². The molecule has 0 aliphatic carbocycles. The van der Waals surface area contributed by atoms with Gasteiger partial charge in [-0.25, -0.2) is 14.4 Å². The fourth-order valence-corrected chi connectivity index (χ4v) is 3.36. The first kappa shape index (κ1) is 20.8. The number of rotatable bonds is 3. The summed E-state index contributed by atoms with van der Waals surface area (Å²) in [7, 11) is 0. The van der Waals surface area contributed by atoms with Gasteiger partial charge >= 0.3 is 0 Å². The zero-order chi connectivity index (χ0) is 21.0. The summed E-state index contributed by atoms with van der Waals surface area (Å²) >= 11 is 0. The van der Waals surface area contributed by atoms with Gasteiger partial charge in [-0.05, 0) is 50.7 Å². The van der Waals surface area contributed by atoms with Crippen LogP contribution in [0.1, 0.15) is 51.3 Å². The molecule has 29 heavy (non-hydrogen) atoms. The summed E-state index contributed by atoms with van der Waals surface area (Å²) < 4.78 is 14.2. The molecule has 150 valence electrons. The molecule has 0 spiro atoms. The van der Waals surface area contributed by atoms with Gasteiger partial charge in [0, 0.05) is 18.7 Å². The maximum Gasteiger partial charge on any atom is 0.147 e. The predicted octanol–water partition coefficient (Wildman–Crippen LogP) is 3.90. The highest BCUT2D eigenvalue weighted by Crippen LogP contribution is 2.28. The normalized spacial score (nSPS) is 14.8. The number of nitrogens with zero attached hydrogens (tertiary/aromatic N) is 4. The Morgan fingerprint density at radius 1 is 1.31 bits per heavy atom. The maximum absolute atomic E-state index is 14.2. The molecule has 1 aromatic heterocycles. The van der Waals surface area contributed by atoms with Gasteiger partial charge in [-0.1, -0.05) is 25.3 Å². The minimum atomic E-state index is -1.18. The molecular formula is C23H25FN4O. The van der Waals surface area contributed by atoms with Gasteiger partial charge < -0.3 is 10.0 Å². The maximum atomic E-state index is 14.2. The van der Waals surface area contributed by atoms with Crippen molar-refractivity contribution in [1.82, 2.24) is 9.97 Å². The van der Waals surface area contributed by atoms with E-state index >= 15 is 0 Å². The van der Waals surface area contributed by atoms with E-state index in [0.717, 1.165) is 37.7 Å². The van der Waals surface area contributed by atoms with Crippen molar-refractivity contribution in [3.8, 4) is 29.2 Å². The molecule has 1 aliphatic rings. The Labute approximate surface area is 171 Å². The fraction of sp³-hybridized carbons (Fsp3) is 0.435. The molecule has 0 unspecified atom stereocenters. The molecule has 1 aliphatic heterocycles. The number of piperidine rings is 1. The molecule has 0 atom stereocenters. The molecule has 3 rings (SSSR count). The zero-order valence-corrected chi connectivity index (χ0v) is 17.0. The molecule has 1 N–H and O–H groups in total. The third-order valence-electron chi connectivity index (χ3n) is 5.13. The molecule has 1 saturated heterocycles. The first-order valence-corrected chi connectivity index (χ1v) is 9.88. The van der Waals surface area contributed by atoms with Crippen LogP contribution in [0.4, 0.5) is 10.2 Å². The van der Waals surface area contributed by atoms with Crippen molar-refractivity contribution in [3.05, 3.63) is 41.5 Å². The second kappa shape index (κ2) is 8.59. The van der Waals surface area contributed by atoms with Gasteiger partial charge in [0.1, 0.15) is 34.7 Å². The van der Waals surface area contributed by atoms with Crippen LogP contribution in [0, 0.1) is 34.9 Å². The number of anilines is 1.